The van der Waals surface area contributed by atoms with Gasteiger partial charge in [-0.25, -0.2) is 0 Å². The lowest BCUT2D eigenvalue weighted by molar-refractivity contribution is 0.0686. The Morgan fingerprint density at radius 2 is 1.54 bits per heavy atom. The first-order chi connectivity index (χ1) is 5.79. The molecule has 1 saturated heterocycles. The van der Waals surface area contributed by atoms with Gasteiger partial charge in [-0.15, -0.1) is 4.91 Å². The van der Waals surface area contributed by atoms with Crippen LogP contribution in [0.3, 0.4) is 0 Å². The van der Waals surface area contributed by atoms with Crippen LogP contribution in [-0.4, -0.2) is 72.1 Å². The fourth-order valence-corrected chi connectivity index (χ4v) is 2.55. The van der Waals surface area contributed by atoms with Crippen molar-refractivity contribution in [2.24, 2.45) is 5.29 Å². The minimum absolute atomic E-state index is 0.168. The predicted molar refractivity (Wildman–Crippen MR) is 64.8 cm³/mol. The van der Waals surface area contributed by atoms with Crippen LogP contribution in [0.2, 0.25) is 0 Å². The van der Waals surface area contributed by atoms with Crippen LogP contribution in [0, 0.1) is 4.91 Å². The summed E-state index contributed by atoms with van der Waals surface area (Å²) < 4.78 is 0. The van der Waals surface area contributed by atoms with E-state index in [1.165, 1.54) is 0 Å². The molecule has 0 radical (unpaired) electrons. The summed E-state index contributed by atoms with van der Waals surface area (Å²) in [5, 5.41) is 4.49. The predicted octanol–water partition coefficient (Wildman–Crippen LogP) is -4.24. The van der Waals surface area contributed by atoms with E-state index in [-0.39, 0.29) is 10.7 Å². The van der Waals surface area contributed by atoms with Crippen LogP contribution in [0.1, 0.15) is 0 Å². The number of hydrogen-bond acceptors (Lipinski definition) is 3. The minimum atomic E-state index is -0.168. The molecule has 13 heavy (non-hydrogen) atoms. The van der Waals surface area contributed by atoms with Gasteiger partial charge in [0.25, 0.3) is 0 Å². The van der Waals surface area contributed by atoms with Crippen LogP contribution in [0.5, 0.6) is 0 Å². The first kappa shape index (κ1) is 10.7. The number of nitroso groups, excluding NO2 is 1. The van der Waals surface area contributed by atoms with Crippen LogP contribution in [0.25, 0.3) is 0 Å². The van der Waals surface area contributed by atoms with E-state index in [0.717, 1.165) is 13.1 Å². The molecule has 1 heterocycles. The molecule has 0 aromatic carbocycles. The summed E-state index contributed by atoms with van der Waals surface area (Å²) in [6.45, 7) is 1.75. The molecule has 0 bridgehead atoms. The second kappa shape index (κ2) is 3.08. The van der Waals surface area contributed by atoms with Gasteiger partial charge in [-0.3, -0.25) is 5.01 Å². The van der Waals surface area contributed by atoms with Gasteiger partial charge in [-0.2, -0.15) is 0 Å². The highest BCUT2D eigenvalue weighted by molar-refractivity contribution is 6.44. The molecule has 0 N–H and O–H groups in total. The van der Waals surface area contributed by atoms with E-state index < -0.39 is 0 Å². The normalized spacial score (nSPS) is 27.0. The molecule has 4 nitrogen and oxygen atoms in total. The highest BCUT2D eigenvalue weighted by atomic mass is 16.3. The van der Waals surface area contributed by atoms with E-state index in [4.69, 9.17) is 0 Å². The Balaban J connectivity index is 2.94. The van der Waals surface area contributed by atoms with Crippen molar-refractivity contribution in [2.75, 3.05) is 20.1 Å². The standard InChI is InChI=1S/C5H15B4N3O/c1-11-2-4(6,7)12(10-13)5(8,9)3-11/h2-3,6-9H2,1H3. The van der Waals surface area contributed by atoms with Crippen LogP contribution in [0.4, 0.5) is 0 Å². The van der Waals surface area contributed by atoms with E-state index in [1.807, 2.05) is 31.4 Å². The molecule has 0 aromatic rings. The van der Waals surface area contributed by atoms with E-state index in [2.05, 4.69) is 17.2 Å². The Morgan fingerprint density at radius 3 is 1.85 bits per heavy atom. The number of likely N-dealkylation sites (N-methyl/N-ethyl adjacent to an activating group) is 1. The van der Waals surface area contributed by atoms with Crippen molar-refractivity contribution in [3.63, 3.8) is 0 Å². The summed E-state index contributed by atoms with van der Waals surface area (Å²) in [6, 6.07) is 0. The molecule has 1 fully saturated rings. The van der Waals surface area contributed by atoms with Crippen LogP contribution in [0.15, 0.2) is 5.29 Å². The van der Waals surface area contributed by atoms with Gasteiger partial charge in [-0.1, -0.05) is 0 Å². The summed E-state index contributed by atoms with van der Waals surface area (Å²) >= 11 is 0. The molecule has 1 aliphatic heterocycles. The van der Waals surface area contributed by atoms with Gasteiger partial charge < -0.3 is 4.90 Å². The average Bonchev–Trinajstić information content (AvgIpc) is 1.79. The molecular weight excluding hydrogens is 161 g/mol. The van der Waals surface area contributed by atoms with Crippen molar-refractivity contribution in [1.29, 1.82) is 0 Å². The Kier molecular flexibility index (Phi) is 2.54. The quantitative estimate of drug-likeness (QED) is 0.300. The SMILES string of the molecule is BC1(B)CN(C)CC(B)(B)N1N=O. The van der Waals surface area contributed by atoms with Gasteiger partial charge in [0.1, 0.15) is 31.4 Å². The molecule has 0 aromatic heterocycles. The molecule has 68 valence electrons. The van der Waals surface area contributed by atoms with E-state index in [0.29, 0.717) is 0 Å². The zero-order chi connectivity index (χ0) is 10.3. The summed E-state index contributed by atoms with van der Waals surface area (Å²) in [5.41, 5.74) is 0. The molecule has 1 rings (SSSR count). The highest BCUT2D eigenvalue weighted by Gasteiger charge is 2.43. The van der Waals surface area contributed by atoms with Crippen molar-refractivity contribution in [1.82, 2.24) is 9.91 Å². The monoisotopic (exact) mass is 177 g/mol. The van der Waals surface area contributed by atoms with Gasteiger partial charge >= 0.3 is 0 Å². The van der Waals surface area contributed by atoms with E-state index in [1.54, 1.807) is 5.01 Å². The molecule has 0 amide bonds. The van der Waals surface area contributed by atoms with Crippen molar-refractivity contribution >= 4 is 31.4 Å². The van der Waals surface area contributed by atoms with Crippen molar-refractivity contribution in [3.05, 3.63) is 4.91 Å². The maximum absolute atomic E-state index is 10.8. The third-order valence-corrected chi connectivity index (χ3v) is 2.54. The Labute approximate surface area is 83.0 Å². The lowest BCUT2D eigenvalue weighted by atomic mass is 9.51. The van der Waals surface area contributed by atoms with E-state index >= 15 is 0 Å². The largest absolute Gasteiger partial charge is 0.305 e. The van der Waals surface area contributed by atoms with Gasteiger partial charge in [0.2, 0.25) is 0 Å². The number of piperazine rings is 1. The molecule has 1 aliphatic rings. The Hall–Kier alpha value is -0.380. The topological polar surface area (TPSA) is 35.9 Å². The van der Waals surface area contributed by atoms with E-state index in [9.17, 15) is 4.91 Å². The number of nitrogens with zero attached hydrogens (tertiary/aromatic N) is 3. The highest BCUT2D eigenvalue weighted by Crippen LogP contribution is 2.24. The van der Waals surface area contributed by atoms with Gasteiger partial charge in [0, 0.05) is 23.8 Å². The summed E-state index contributed by atoms with van der Waals surface area (Å²) in [5.74, 6) is 0. The molecular formula is C5H15B4N3O. The third kappa shape index (κ3) is 1.93. The Morgan fingerprint density at radius 1 is 1.15 bits per heavy atom. The van der Waals surface area contributed by atoms with Crippen LogP contribution in [-0.2, 0) is 0 Å². The maximum atomic E-state index is 10.8. The lowest BCUT2D eigenvalue weighted by Crippen LogP contribution is -2.71. The van der Waals surface area contributed by atoms with Gasteiger partial charge in [0.05, 0.1) is 5.29 Å². The third-order valence-electron chi connectivity index (χ3n) is 2.54. The first-order valence-corrected chi connectivity index (χ1v) is 4.62. The zero-order valence-electron chi connectivity index (χ0n) is 9.16. The number of rotatable bonds is 1. The summed E-state index contributed by atoms with van der Waals surface area (Å²) in [6.07, 6.45) is 0. The average molecular weight is 176 g/mol. The van der Waals surface area contributed by atoms with Crippen molar-refractivity contribution < 1.29 is 0 Å². The first-order valence-electron chi connectivity index (χ1n) is 4.62. The second-order valence-corrected chi connectivity index (χ2v) is 5.19. The fraction of sp³-hybridized carbons (Fsp3) is 1.00. The van der Waals surface area contributed by atoms with Gasteiger partial charge in [0.15, 0.2) is 0 Å². The number of hydrogen-bond donors (Lipinski definition) is 0. The summed E-state index contributed by atoms with van der Waals surface area (Å²) in [7, 11) is 10.3. The molecule has 8 heteroatoms. The smallest absolute Gasteiger partial charge is 0.127 e. The van der Waals surface area contributed by atoms with Gasteiger partial charge in [-0.05, 0) is 7.05 Å². The minimum Gasteiger partial charge on any atom is -0.305 e. The molecule has 0 saturated carbocycles. The summed E-state index contributed by atoms with van der Waals surface area (Å²) in [4.78, 5) is 13.0. The lowest BCUT2D eigenvalue weighted by Gasteiger charge is -2.53. The van der Waals surface area contributed by atoms with Crippen LogP contribution < -0.4 is 0 Å². The van der Waals surface area contributed by atoms with Crippen molar-refractivity contribution in [2.45, 2.75) is 10.7 Å². The van der Waals surface area contributed by atoms with Crippen LogP contribution >= 0.6 is 0 Å². The molecule has 0 spiro atoms. The molecule has 0 unspecified atom stereocenters. The molecule has 0 aliphatic carbocycles. The Bertz CT molecular complexity index is 204. The van der Waals surface area contributed by atoms with Crippen molar-refractivity contribution in [3.8, 4) is 0 Å². The fourth-order valence-electron chi connectivity index (χ4n) is 2.55. The second-order valence-electron chi connectivity index (χ2n) is 5.19. The zero-order valence-corrected chi connectivity index (χ0v) is 9.16. The molecule has 0 atom stereocenters. The maximum Gasteiger partial charge on any atom is 0.127 e.